The van der Waals surface area contributed by atoms with Crippen molar-refractivity contribution in [3.8, 4) is 0 Å². The highest BCUT2D eigenvalue weighted by atomic mass is 16.6. The zero-order valence-electron chi connectivity index (χ0n) is 16.8. The van der Waals surface area contributed by atoms with E-state index in [1.165, 1.54) is 29.5 Å². The van der Waals surface area contributed by atoms with E-state index in [9.17, 15) is 4.79 Å². The van der Waals surface area contributed by atoms with E-state index >= 15 is 0 Å². The van der Waals surface area contributed by atoms with Gasteiger partial charge in [0.25, 0.3) is 0 Å². The summed E-state index contributed by atoms with van der Waals surface area (Å²) in [5.74, 6) is -0.902. The number of aromatic carboxylic acids is 1. The highest BCUT2D eigenvalue weighted by Crippen LogP contribution is 2.58. The number of carboxylic acids is 1. The first-order valence-electron chi connectivity index (χ1n) is 9.71. The van der Waals surface area contributed by atoms with Crippen LogP contribution in [0.1, 0.15) is 86.2 Å². The van der Waals surface area contributed by atoms with Gasteiger partial charge in [-0.3, -0.25) is 0 Å². The van der Waals surface area contributed by atoms with Crippen molar-refractivity contribution in [2.75, 3.05) is 0 Å². The summed E-state index contributed by atoms with van der Waals surface area (Å²) in [5.41, 5.74) is 5.46. The molecule has 1 aliphatic carbocycles. The smallest absolute Gasteiger partial charge is 0.335 e. The Morgan fingerprint density at radius 1 is 0.926 bits per heavy atom. The second-order valence-electron chi connectivity index (χ2n) is 9.56. The molecule has 2 aromatic rings. The topological polar surface area (TPSA) is 49.8 Å². The quantitative estimate of drug-likeness (QED) is 0.709. The summed E-state index contributed by atoms with van der Waals surface area (Å²) in [5, 5.41) is 9.08. The number of hydrogen-bond donors (Lipinski definition) is 1. The summed E-state index contributed by atoms with van der Waals surface area (Å²) >= 11 is 0. The molecule has 27 heavy (non-hydrogen) atoms. The van der Waals surface area contributed by atoms with Gasteiger partial charge in [-0.2, -0.15) is 0 Å². The van der Waals surface area contributed by atoms with Gasteiger partial charge in [0.15, 0.2) is 0 Å². The minimum absolute atomic E-state index is 0.0295. The second-order valence-corrected chi connectivity index (χ2v) is 9.56. The summed E-state index contributed by atoms with van der Waals surface area (Å²) < 4.78 is 6.14. The molecule has 1 N–H and O–H groups in total. The predicted octanol–water partition coefficient (Wildman–Crippen LogP) is 5.72. The van der Waals surface area contributed by atoms with Gasteiger partial charge in [-0.1, -0.05) is 58.0 Å². The maximum atomic E-state index is 11.1. The van der Waals surface area contributed by atoms with Crippen molar-refractivity contribution in [3.63, 3.8) is 0 Å². The summed E-state index contributed by atoms with van der Waals surface area (Å²) in [4.78, 5) is 11.1. The van der Waals surface area contributed by atoms with Crippen LogP contribution < -0.4 is 0 Å². The van der Waals surface area contributed by atoms with E-state index in [0.717, 1.165) is 5.56 Å². The van der Waals surface area contributed by atoms with E-state index in [2.05, 4.69) is 52.8 Å². The molecule has 0 radical (unpaired) electrons. The molecule has 2 aliphatic rings. The number of benzene rings is 2. The molecule has 2 aromatic carbocycles. The molecule has 4 rings (SSSR count). The Kier molecular flexibility index (Phi) is 3.84. The fraction of sp³-hybridized carbons (Fsp3) is 0.458. The molecule has 1 aliphatic heterocycles. The SMILES string of the molecule is CC1(C)CCC(C)(C)c2cc(C3(C)OC3c3ccc(C(=O)O)cc3)ccc21. The van der Waals surface area contributed by atoms with Crippen molar-refractivity contribution in [1.29, 1.82) is 0 Å². The van der Waals surface area contributed by atoms with Crippen LogP contribution in [0.25, 0.3) is 0 Å². The van der Waals surface area contributed by atoms with E-state index in [1.807, 2.05) is 12.1 Å². The molecule has 1 saturated heterocycles. The van der Waals surface area contributed by atoms with E-state index in [4.69, 9.17) is 9.84 Å². The lowest BCUT2D eigenvalue weighted by Crippen LogP contribution is -2.34. The van der Waals surface area contributed by atoms with Gasteiger partial charge in [-0.05, 0) is 65.0 Å². The van der Waals surface area contributed by atoms with Gasteiger partial charge >= 0.3 is 5.97 Å². The maximum Gasteiger partial charge on any atom is 0.335 e. The van der Waals surface area contributed by atoms with Crippen molar-refractivity contribution in [3.05, 3.63) is 70.3 Å². The Balaban J connectivity index is 1.68. The number of ether oxygens (including phenoxy) is 1. The molecule has 0 saturated carbocycles. The number of carbonyl (C=O) groups is 1. The van der Waals surface area contributed by atoms with Crippen molar-refractivity contribution in [2.45, 2.75) is 70.0 Å². The third-order valence-corrected chi connectivity index (χ3v) is 6.69. The third-order valence-electron chi connectivity index (χ3n) is 6.69. The fourth-order valence-electron chi connectivity index (χ4n) is 4.51. The first-order chi connectivity index (χ1) is 12.5. The summed E-state index contributed by atoms with van der Waals surface area (Å²) in [7, 11) is 0. The average molecular weight is 364 g/mol. The van der Waals surface area contributed by atoms with Crippen LogP contribution in [-0.4, -0.2) is 11.1 Å². The number of rotatable bonds is 3. The Bertz CT molecular complexity index is 908. The highest BCUT2D eigenvalue weighted by molar-refractivity contribution is 5.87. The van der Waals surface area contributed by atoms with E-state index in [0.29, 0.717) is 5.56 Å². The Morgan fingerprint density at radius 2 is 1.52 bits per heavy atom. The van der Waals surface area contributed by atoms with Gasteiger partial charge in [-0.25, -0.2) is 4.79 Å². The third kappa shape index (κ3) is 2.89. The van der Waals surface area contributed by atoms with Crippen molar-refractivity contribution >= 4 is 5.97 Å². The minimum atomic E-state index is -0.902. The molecule has 0 amide bonds. The largest absolute Gasteiger partial charge is 0.478 e. The van der Waals surface area contributed by atoms with E-state index in [1.54, 1.807) is 12.1 Å². The van der Waals surface area contributed by atoms with Gasteiger partial charge in [0.1, 0.15) is 11.7 Å². The lowest BCUT2D eigenvalue weighted by atomic mass is 9.62. The zero-order chi connectivity index (χ0) is 19.6. The van der Waals surface area contributed by atoms with Gasteiger partial charge in [-0.15, -0.1) is 0 Å². The average Bonchev–Trinajstić information content (AvgIpc) is 3.32. The number of hydrogen-bond acceptors (Lipinski definition) is 2. The van der Waals surface area contributed by atoms with Crippen molar-refractivity contribution in [1.82, 2.24) is 0 Å². The first-order valence-corrected chi connectivity index (χ1v) is 9.71. The molecule has 0 aromatic heterocycles. The van der Waals surface area contributed by atoms with Crippen LogP contribution in [0.3, 0.4) is 0 Å². The normalized spacial score (nSPS) is 27.7. The van der Waals surface area contributed by atoms with Gasteiger partial charge in [0.05, 0.1) is 5.56 Å². The van der Waals surface area contributed by atoms with Crippen LogP contribution in [0.4, 0.5) is 0 Å². The maximum absolute atomic E-state index is 11.1. The van der Waals surface area contributed by atoms with Crippen LogP contribution in [0.2, 0.25) is 0 Å². The van der Waals surface area contributed by atoms with E-state index in [-0.39, 0.29) is 22.5 Å². The Hall–Kier alpha value is -2.13. The van der Waals surface area contributed by atoms with Crippen LogP contribution in [0, 0.1) is 0 Å². The molecular formula is C24H28O3. The zero-order valence-corrected chi connectivity index (χ0v) is 16.8. The highest BCUT2D eigenvalue weighted by Gasteiger charge is 2.55. The molecule has 142 valence electrons. The summed E-state index contributed by atoms with van der Waals surface area (Å²) in [6, 6.07) is 13.9. The van der Waals surface area contributed by atoms with Crippen molar-refractivity contribution < 1.29 is 14.6 Å². The lowest BCUT2D eigenvalue weighted by Gasteiger charge is -2.42. The molecule has 2 atom stereocenters. The molecule has 3 heteroatoms. The molecule has 1 fully saturated rings. The lowest BCUT2D eigenvalue weighted by molar-refractivity contribution is 0.0697. The minimum Gasteiger partial charge on any atom is -0.478 e. The predicted molar refractivity (Wildman–Crippen MR) is 106 cm³/mol. The molecule has 0 spiro atoms. The monoisotopic (exact) mass is 364 g/mol. The van der Waals surface area contributed by atoms with Gasteiger partial charge in [0, 0.05) is 0 Å². The molecule has 1 heterocycles. The first kappa shape index (κ1) is 18.2. The Morgan fingerprint density at radius 3 is 2.11 bits per heavy atom. The Labute approximate surface area is 161 Å². The summed E-state index contributed by atoms with van der Waals surface area (Å²) in [6.45, 7) is 11.5. The van der Waals surface area contributed by atoms with Crippen LogP contribution >= 0.6 is 0 Å². The van der Waals surface area contributed by atoms with Crippen molar-refractivity contribution in [2.24, 2.45) is 0 Å². The van der Waals surface area contributed by atoms with E-state index < -0.39 is 5.97 Å². The number of epoxide rings is 1. The second kappa shape index (κ2) is 5.68. The van der Waals surface area contributed by atoms with Crippen LogP contribution in [0.15, 0.2) is 42.5 Å². The molecule has 0 bridgehead atoms. The van der Waals surface area contributed by atoms with Gasteiger partial charge < -0.3 is 9.84 Å². The molecule has 2 unspecified atom stereocenters. The van der Waals surface area contributed by atoms with Crippen LogP contribution in [0.5, 0.6) is 0 Å². The number of fused-ring (bicyclic) bond motifs is 1. The standard InChI is InChI=1S/C24H28O3/c1-22(2)12-13-23(3,4)19-14-17(10-11-18(19)22)24(5)20(27-24)15-6-8-16(9-7-15)21(25)26/h6-11,14,20H,12-13H2,1-5H3,(H,25,26). The number of carboxylic acid groups (broad SMARTS) is 1. The molecular weight excluding hydrogens is 336 g/mol. The molecule has 3 nitrogen and oxygen atoms in total. The fourth-order valence-corrected chi connectivity index (χ4v) is 4.51. The van der Waals surface area contributed by atoms with Gasteiger partial charge in [0.2, 0.25) is 0 Å². The van der Waals surface area contributed by atoms with Crippen LogP contribution in [-0.2, 0) is 21.2 Å². The summed E-state index contributed by atoms with van der Waals surface area (Å²) in [6.07, 6.45) is 2.37.